The van der Waals surface area contributed by atoms with Crippen LogP contribution in [-0.4, -0.2) is 24.3 Å². The number of esters is 1. The average Bonchev–Trinajstić information content (AvgIpc) is 2.83. The van der Waals surface area contributed by atoms with Crippen LogP contribution in [0.25, 0.3) is 0 Å². The number of ether oxygens (including phenoxy) is 2. The SMILES string of the molecule is Cc1noc(N)c1C(=O)OCCOc1ccc(C#N)cc1. The summed E-state index contributed by atoms with van der Waals surface area (Å²) in [5.41, 5.74) is 6.54. The zero-order chi connectivity index (χ0) is 15.2. The summed E-state index contributed by atoms with van der Waals surface area (Å²) < 4.78 is 15.1. The van der Waals surface area contributed by atoms with E-state index in [1.165, 1.54) is 0 Å². The van der Waals surface area contributed by atoms with Crippen molar-refractivity contribution in [3.8, 4) is 11.8 Å². The van der Waals surface area contributed by atoms with Gasteiger partial charge in [-0.2, -0.15) is 5.26 Å². The minimum absolute atomic E-state index is 0.0584. The molecule has 0 unspecified atom stereocenters. The molecule has 0 radical (unpaired) electrons. The van der Waals surface area contributed by atoms with E-state index >= 15 is 0 Å². The number of nitrogens with zero attached hydrogens (tertiary/aromatic N) is 2. The highest BCUT2D eigenvalue weighted by molar-refractivity contribution is 5.94. The third-order valence-corrected chi connectivity index (χ3v) is 2.66. The summed E-state index contributed by atoms with van der Waals surface area (Å²) in [7, 11) is 0. The van der Waals surface area contributed by atoms with Crippen LogP contribution in [0.1, 0.15) is 21.6 Å². The maximum Gasteiger partial charge on any atom is 0.345 e. The highest BCUT2D eigenvalue weighted by Gasteiger charge is 2.19. The van der Waals surface area contributed by atoms with Crippen molar-refractivity contribution >= 4 is 11.9 Å². The van der Waals surface area contributed by atoms with E-state index in [0.29, 0.717) is 17.0 Å². The van der Waals surface area contributed by atoms with E-state index in [1.807, 2.05) is 6.07 Å². The number of carbonyl (C=O) groups is 1. The second kappa shape index (κ2) is 6.43. The Morgan fingerprint density at radius 2 is 2.10 bits per heavy atom. The normalized spacial score (nSPS) is 9.90. The van der Waals surface area contributed by atoms with Gasteiger partial charge in [-0.15, -0.1) is 0 Å². The van der Waals surface area contributed by atoms with Gasteiger partial charge >= 0.3 is 5.97 Å². The number of hydrogen-bond acceptors (Lipinski definition) is 7. The van der Waals surface area contributed by atoms with Crippen LogP contribution < -0.4 is 10.5 Å². The number of carbonyl (C=O) groups excluding carboxylic acids is 1. The minimum Gasteiger partial charge on any atom is -0.490 e. The molecule has 0 saturated carbocycles. The van der Waals surface area contributed by atoms with Crippen molar-refractivity contribution in [1.29, 1.82) is 5.26 Å². The predicted octanol–water partition coefficient (Wildman–Crippen LogP) is 1.67. The van der Waals surface area contributed by atoms with Crippen molar-refractivity contribution < 1.29 is 18.8 Å². The van der Waals surface area contributed by atoms with Crippen LogP contribution in [0.5, 0.6) is 5.75 Å². The lowest BCUT2D eigenvalue weighted by atomic mass is 10.2. The smallest absolute Gasteiger partial charge is 0.345 e. The first-order valence-electron chi connectivity index (χ1n) is 6.13. The van der Waals surface area contributed by atoms with Crippen molar-refractivity contribution in [3.05, 3.63) is 41.1 Å². The molecule has 2 N–H and O–H groups in total. The van der Waals surface area contributed by atoms with Crippen molar-refractivity contribution in [2.75, 3.05) is 18.9 Å². The maximum absolute atomic E-state index is 11.7. The van der Waals surface area contributed by atoms with Gasteiger partial charge in [-0.25, -0.2) is 4.79 Å². The van der Waals surface area contributed by atoms with Gasteiger partial charge in [-0.1, -0.05) is 5.16 Å². The van der Waals surface area contributed by atoms with Gasteiger partial charge in [-0.3, -0.25) is 0 Å². The molecule has 21 heavy (non-hydrogen) atoms. The molecule has 0 fully saturated rings. The Balaban J connectivity index is 1.79. The van der Waals surface area contributed by atoms with Crippen molar-refractivity contribution in [2.45, 2.75) is 6.92 Å². The fraction of sp³-hybridized carbons (Fsp3) is 0.214. The molecular weight excluding hydrogens is 274 g/mol. The van der Waals surface area contributed by atoms with Gasteiger partial charge in [-0.05, 0) is 31.2 Å². The van der Waals surface area contributed by atoms with Crippen LogP contribution in [0.2, 0.25) is 0 Å². The summed E-state index contributed by atoms with van der Waals surface area (Å²) in [4.78, 5) is 11.7. The lowest BCUT2D eigenvalue weighted by molar-refractivity contribution is 0.0450. The van der Waals surface area contributed by atoms with Crippen LogP contribution in [0.3, 0.4) is 0 Å². The van der Waals surface area contributed by atoms with E-state index in [4.69, 9.17) is 20.5 Å². The van der Waals surface area contributed by atoms with E-state index in [9.17, 15) is 4.79 Å². The molecule has 0 atom stereocenters. The van der Waals surface area contributed by atoms with E-state index in [-0.39, 0.29) is 24.7 Å². The van der Waals surface area contributed by atoms with E-state index in [2.05, 4.69) is 9.68 Å². The topological polar surface area (TPSA) is 111 Å². The molecule has 1 aromatic heterocycles. The number of aryl methyl sites for hydroxylation is 1. The summed E-state index contributed by atoms with van der Waals surface area (Å²) in [5.74, 6) is -0.0779. The summed E-state index contributed by atoms with van der Waals surface area (Å²) in [6.07, 6.45) is 0. The Morgan fingerprint density at radius 1 is 1.38 bits per heavy atom. The number of aromatic nitrogens is 1. The second-order valence-corrected chi connectivity index (χ2v) is 4.13. The Kier molecular flexibility index (Phi) is 4.41. The number of benzene rings is 1. The third-order valence-electron chi connectivity index (χ3n) is 2.66. The molecule has 1 aromatic carbocycles. The lowest BCUT2D eigenvalue weighted by Crippen LogP contribution is -2.13. The molecule has 0 amide bonds. The third kappa shape index (κ3) is 3.51. The first-order valence-corrected chi connectivity index (χ1v) is 6.13. The van der Waals surface area contributed by atoms with Gasteiger partial charge in [0.2, 0.25) is 5.88 Å². The standard InChI is InChI=1S/C14H13N3O4/c1-9-12(13(16)21-17-9)14(18)20-7-6-19-11-4-2-10(8-15)3-5-11/h2-5H,6-7,16H2,1H3. The zero-order valence-corrected chi connectivity index (χ0v) is 11.3. The average molecular weight is 287 g/mol. The molecule has 0 spiro atoms. The van der Waals surface area contributed by atoms with Gasteiger partial charge < -0.3 is 19.7 Å². The van der Waals surface area contributed by atoms with E-state index in [1.54, 1.807) is 31.2 Å². The van der Waals surface area contributed by atoms with E-state index in [0.717, 1.165) is 0 Å². The molecule has 0 aliphatic rings. The summed E-state index contributed by atoms with van der Waals surface area (Å²) in [6, 6.07) is 8.63. The number of hydrogen-bond donors (Lipinski definition) is 1. The predicted molar refractivity (Wildman–Crippen MR) is 72.6 cm³/mol. The highest BCUT2D eigenvalue weighted by Crippen LogP contribution is 2.16. The van der Waals surface area contributed by atoms with Gasteiger partial charge in [0, 0.05) is 0 Å². The number of anilines is 1. The molecule has 108 valence electrons. The summed E-state index contributed by atoms with van der Waals surface area (Å²) >= 11 is 0. The van der Waals surface area contributed by atoms with Crippen molar-refractivity contribution in [2.24, 2.45) is 0 Å². The summed E-state index contributed by atoms with van der Waals surface area (Å²) in [5, 5.41) is 12.2. The van der Waals surface area contributed by atoms with Gasteiger partial charge in [0.25, 0.3) is 0 Å². The Labute approximate surface area is 120 Å². The monoisotopic (exact) mass is 287 g/mol. The Morgan fingerprint density at radius 3 is 2.67 bits per heavy atom. The molecule has 2 rings (SSSR count). The number of nitriles is 1. The maximum atomic E-state index is 11.7. The van der Waals surface area contributed by atoms with Crippen LogP contribution >= 0.6 is 0 Å². The molecule has 0 bridgehead atoms. The molecule has 1 heterocycles. The lowest BCUT2D eigenvalue weighted by Gasteiger charge is -2.07. The van der Waals surface area contributed by atoms with Crippen LogP contribution in [0.15, 0.2) is 28.8 Å². The first-order chi connectivity index (χ1) is 10.1. The van der Waals surface area contributed by atoms with E-state index < -0.39 is 5.97 Å². The first kappa shape index (κ1) is 14.4. The molecule has 0 aliphatic heterocycles. The quantitative estimate of drug-likeness (QED) is 0.657. The molecule has 7 heteroatoms. The number of nitrogen functional groups attached to an aromatic ring is 1. The molecule has 0 saturated heterocycles. The van der Waals surface area contributed by atoms with Crippen molar-refractivity contribution in [3.63, 3.8) is 0 Å². The fourth-order valence-electron chi connectivity index (χ4n) is 1.63. The number of rotatable bonds is 5. The second-order valence-electron chi connectivity index (χ2n) is 4.13. The number of nitrogens with two attached hydrogens (primary N) is 1. The van der Waals surface area contributed by atoms with Crippen LogP contribution in [0, 0.1) is 18.3 Å². The molecule has 7 nitrogen and oxygen atoms in total. The van der Waals surface area contributed by atoms with Crippen molar-refractivity contribution in [1.82, 2.24) is 5.16 Å². The largest absolute Gasteiger partial charge is 0.490 e. The summed E-state index contributed by atoms with van der Waals surface area (Å²) in [6.45, 7) is 1.84. The molecule has 0 aliphatic carbocycles. The van der Waals surface area contributed by atoms with Crippen LogP contribution in [-0.2, 0) is 4.74 Å². The Bertz CT molecular complexity index is 651. The molecular formula is C14H13N3O4. The van der Waals surface area contributed by atoms with Gasteiger partial charge in [0.05, 0.1) is 17.3 Å². The highest BCUT2D eigenvalue weighted by atomic mass is 16.6. The van der Waals surface area contributed by atoms with Crippen LogP contribution in [0.4, 0.5) is 5.88 Å². The van der Waals surface area contributed by atoms with Gasteiger partial charge in [0.15, 0.2) is 0 Å². The minimum atomic E-state index is -0.602. The molecule has 2 aromatic rings. The zero-order valence-electron chi connectivity index (χ0n) is 11.3. The van der Waals surface area contributed by atoms with Gasteiger partial charge in [0.1, 0.15) is 24.5 Å². The fourth-order valence-corrected chi connectivity index (χ4v) is 1.63. The Hall–Kier alpha value is -3.01.